The van der Waals surface area contributed by atoms with Crippen LogP contribution in [0.2, 0.25) is 0 Å². The molecule has 0 atom stereocenters. The fourth-order valence-electron chi connectivity index (χ4n) is 3.28. The van der Waals surface area contributed by atoms with Crippen LogP contribution >= 0.6 is 0 Å². The first kappa shape index (κ1) is 10.0. The third kappa shape index (κ3) is 1.32. The van der Waals surface area contributed by atoms with Crippen molar-refractivity contribution in [2.75, 3.05) is 0 Å². The zero-order valence-corrected chi connectivity index (χ0v) is 9.26. The zero-order valence-electron chi connectivity index (χ0n) is 9.26. The lowest BCUT2D eigenvalue weighted by atomic mass is 9.71. The van der Waals surface area contributed by atoms with E-state index in [4.69, 9.17) is 0 Å². The molecular formula is C14H15FO. The highest BCUT2D eigenvalue weighted by Gasteiger charge is 2.45. The lowest BCUT2D eigenvalue weighted by Gasteiger charge is -2.31. The number of carbonyl (C=O) groups is 1. The lowest BCUT2D eigenvalue weighted by Crippen LogP contribution is -2.30. The Kier molecular flexibility index (Phi) is 2.13. The Morgan fingerprint density at radius 2 is 1.88 bits per heavy atom. The van der Waals surface area contributed by atoms with E-state index in [0.29, 0.717) is 5.56 Å². The van der Waals surface area contributed by atoms with Gasteiger partial charge in [0.25, 0.3) is 0 Å². The highest BCUT2D eigenvalue weighted by atomic mass is 19.1. The summed E-state index contributed by atoms with van der Waals surface area (Å²) >= 11 is 0. The van der Waals surface area contributed by atoms with E-state index in [-0.39, 0.29) is 17.0 Å². The minimum absolute atomic E-state index is 0.172. The van der Waals surface area contributed by atoms with Gasteiger partial charge in [0, 0.05) is 11.0 Å². The summed E-state index contributed by atoms with van der Waals surface area (Å²) < 4.78 is 13.1. The second-order valence-electron chi connectivity index (χ2n) is 5.15. The van der Waals surface area contributed by atoms with Crippen molar-refractivity contribution in [1.29, 1.82) is 0 Å². The Balaban J connectivity index is 2.02. The Morgan fingerprint density at radius 3 is 2.62 bits per heavy atom. The average molecular weight is 218 g/mol. The van der Waals surface area contributed by atoms with Crippen LogP contribution < -0.4 is 0 Å². The Labute approximate surface area is 94.7 Å². The molecule has 1 fully saturated rings. The zero-order chi connectivity index (χ0) is 11.2. The molecule has 0 N–H and O–H groups in total. The van der Waals surface area contributed by atoms with Gasteiger partial charge >= 0.3 is 0 Å². The third-order valence-electron chi connectivity index (χ3n) is 4.14. The minimum Gasteiger partial charge on any atom is -0.294 e. The summed E-state index contributed by atoms with van der Waals surface area (Å²) in [6.07, 6.45) is 6.33. The molecule has 84 valence electrons. The van der Waals surface area contributed by atoms with Crippen LogP contribution in [0, 0.1) is 11.2 Å². The monoisotopic (exact) mass is 218 g/mol. The minimum atomic E-state index is -0.292. The maximum Gasteiger partial charge on any atom is 0.169 e. The van der Waals surface area contributed by atoms with Crippen molar-refractivity contribution in [3.63, 3.8) is 0 Å². The number of rotatable bonds is 0. The van der Waals surface area contributed by atoms with Gasteiger partial charge < -0.3 is 0 Å². The van der Waals surface area contributed by atoms with Crippen LogP contribution in [0.3, 0.4) is 0 Å². The normalized spacial score (nSPS) is 22.4. The fraction of sp³-hybridized carbons (Fsp3) is 0.500. The molecule has 0 amide bonds. The number of halogens is 1. The molecule has 0 heterocycles. The van der Waals surface area contributed by atoms with Crippen LogP contribution in [-0.2, 0) is 6.42 Å². The van der Waals surface area contributed by atoms with E-state index in [9.17, 15) is 9.18 Å². The van der Waals surface area contributed by atoms with Crippen LogP contribution in [0.15, 0.2) is 18.2 Å². The largest absolute Gasteiger partial charge is 0.294 e. The molecule has 3 rings (SSSR count). The van der Waals surface area contributed by atoms with Gasteiger partial charge in [-0.2, -0.15) is 0 Å². The fourth-order valence-corrected chi connectivity index (χ4v) is 3.28. The number of benzene rings is 1. The molecule has 0 unspecified atom stereocenters. The number of Topliss-reactive ketones (excluding diaryl/α,β-unsaturated/α-hetero) is 1. The standard InChI is InChI=1S/C14H15FO/c15-11-5-4-10-9-14(6-2-1-3-7-14)13(16)12(10)8-11/h4-5,8H,1-3,6-7,9H2. The molecule has 0 radical (unpaired) electrons. The number of hydrogen-bond acceptors (Lipinski definition) is 1. The molecule has 2 heteroatoms. The predicted molar refractivity (Wildman–Crippen MR) is 60.0 cm³/mol. The lowest BCUT2D eigenvalue weighted by molar-refractivity contribution is 0.0748. The smallest absolute Gasteiger partial charge is 0.169 e. The SMILES string of the molecule is O=C1c2cc(F)ccc2CC12CCCCC2. The third-order valence-corrected chi connectivity index (χ3v) is 4.14. The maximum absolute atomic E-state index is 13.1. The summed E-state index contributed by atoms with van der Waals surface area (Å²) in [7, 11) is 0. The Morgan fingerprint density at radius 1 is 1.12 bits per heavy atom. The van der Waals surface area contributed by atoms with Gasteiger partial charge in [0.05, 0.1) is 0 Å². The van der Waals surface area contributed by atoms with Crippen molar-refractivity contribution < 1.29 is 9.18 Å². The number of carbonyl (C=O) groups excluding carboxylic acids is 1. The molecule has 0 aromatic heterocycles. The molecule has 1 aromatic rings. The number of hydrogen-bond donors (Lipinski definition) is 0. The first-order chi connectivity index (χ1) is 7.71. The highest BCUT2D eigenvalue weighted by molar-refractivity contribution is 6.05. The molecular weight excluding hydrogens is 203 g/mol. The summed E-state index contributed by atoms with van der Waals surface area (Å²) in [5, 5.41) is 0. The molecule has 16 heavy (non-hydrogen) atoms. The van der Waals surface area contributed by atoms with Crippen LogP contribution in [0.25, 0.3) is 0 Å². The van der Waals surface area contributed by atoms with Gasteiger partial charge in [0.1, 0.15) is 5.82 Å². The molecule has 0 bridgehead atoms. The van der Waals surface area contributed by atoms with Gasteiger partial charge in [-0.15, -0.1) is 0 Å². The second kappa shape index (κ2) is 3.41. The first-order valence-electron chi connectivity index (χ1n) is 6.05. The highest BCUT2D eigenvalue weighted by Crippen LogP contribution is 2.47. The number of ketones is 1. The van der Waals surface area contributed by atoms with E-state index in [1.54, 1.807) is 6.07 Å². The second-order valence-corrected chi connectivity index (χ2v) is 5.15. The predicted octanol–water partition coefficient (Wildman–Crippen LogP) is 3.52. The molecule has 1 spiro atoms. The van der Waals surface area contributed by atoms with Crippen molar-refractivity contribution in [3.8, 4) is 0 Å². The van der Waals surface area contributed by atoms with Crippen molar-refractivity contribution >= 4 is 5.78 Å². The van der Waals surface area contributed by atoms with Gasteiger partial charge in [-0.25, -0.2) is 4.39 Å². The van der Waals surface area contributed by atoms with E-state index < -0.39 is 0 Å². The van der Waals surface area contributed by atoms with Crippen molar-refractivity contribution in [1.82, 2.24) is 0 Å². The van der Waals surface area contributed by atoms with E-state index in [1.165, 1.54) is 18.6 Å². The van der Waals surface area contributed by atoms with Crippen LogP contribution in [-0.4, -0.2) is 5.78 Å². The van der Waals surface area contributed by atoms with Gasteiger partial charge in [-0.1, -0.05) is 25.3 Å². The summed E-state index contributed by atoms with van der Waals surface area (Å²) in [5.74, 6) is -0.0957. The molecule has 2 aliphatic rings. The maximum atomic E-state index is 13.1. The van der Waals surface area contributed by atoms with Crippen molar-refractivity contribution in [2.45, 2.75) is 38.5 Å². The summed E-state index contributed by atoms with van der Waals surface area (Å²) in [5.41, 5.74) is 1.52. The number of fused-ring (bicyclic) bond motifs is 1. The Bertz CT molecular complexity index is 444. The topological polar surface area (TPSA) is 17.1 Å². The molecule has 1 saturated carbocycles. The van der Waals surface area contributed by atoms with Gasteiger partial charge in [-0.3, -0.25) is 4.79 Å². The molecule has 0 aliphatic heterocycles. The van der Waals surface area contributed by atoms with Crippen molar-refractivity contribution in [3.05, 3.63) is 35.1 Å². The van der Waals surface area contributed by atoms with Crippen LogP contribution in [0.5, 0.6) is 0 Å². The molecule has 1 aromatic carbocycles. The van der Waals surface area contributed by atoms with Gasteiger partial charge in [0.2, 0.25) is 0 Å². The summed E-state index contributed by atoms with van der Waals surface area (Å²) in [6.45, 7) is 0. The van der Waals surface area contributed by atoms with E-state index in [0.717, 1.165) is 37.7 Å². The summed E-state index contributed by atoms with van der Waals surface area (Å²) in [6, 6.07) is 4.67. The molecule has 2 aliphatic carbocycles. The van der Waals surface area contributed by atoms with Gasteiger partial charge in [0.15, 0.2) is 5.78 Å². The first-order valence-corrected chi connectivity index (χ1v) is 6.05. The molecule has 1 nitrogen and oxygen atoms in total. The van der Waals surface area contributed by atoms with E-state index in [1.807, 2.05) is 0 Å². The average Bonchev–Trinajstić information content (AvgIpc) is 2.55. The molecule has 0 saturated heterocycles. The van der Waals surface area contributed by atoms with E-state index in [2.05, 4.69) is 0 Å². The Hall–Kier alpha value is -1.18. The van der Waals surface area contributed by atoms with Crippen LogP contribution in [0.4, 0.5) is 4.39 Å². The quantitative estimate of drug-likeness (QED) is 0.651. The van der Waals surface area contributed by atoms with Crippen LogP contribution in [0.1, 0.15) is 48.0 Å². The summed E-state index contributed by atoms with van der Waals surface area (Å²) in [4.78, 5) is 12.4. The van der Waals surface area contributed by atoms with Crippen molar-refractivity contribution in [2.24, 2.45) is 5.41 Å². The van der Waals surface area contributed by atoms with E-state index >= 15 is 0 Å². The van der Waals surface area contributed by atoms with Gasteiger partial charge in [-0.05, 0) is 37.0 Å².